The van der Waals surface area contributed by atoms with E-state index in [1.165, 1.54) is 0 Å². The SMILES string of the molecule is Cc1ccc(NC(=O)C2CCCOC2)cc1-c1ncc2cccn2n1. The van der Waals surface area contributed by atoms with Crippen LogP contribution in [0.2, 0.25) is 0 Å². The first-order chi connectivity index (χ1) is 12.2. The van der Waals surface area contributed by atoms with Gasteiger partial charge in [-0.15, -0.1) is 5.10 Å². The molecule has 1 aliphatic heterocycles. The van der Waals surface area contributed by atoms with Gasteiger partial charge in [-0.3, -0.25) is 4.79 Å². The molecule has 0 radical (unpaired) electrons. The lowest BCUT2D eigenvalue weighted by atomic mass is 10.0. The predicted molar refractivity (Wildman–Crippen MR) is 95.3 cm³/mol. The second kappa shape index (κ2) is 6.64. The normalized spacial score (nSPS) is 17.6. The van der Waals surface area contributed by atoms with Crippen molar-refractivity contribution >= 4 is 17.1 Å². The van der Waals surface area contributed by atoms with Gasteiger partial charge in [0.2, 0.25) is 5.91 Å². The molecule has 1 N–H and O–H groups in total. The maximum absolute atomic E-state index is 12.4. The number of rotatable bonds is 3. The minimum absolute atomic E-state index is 0.0104. The zero-order chi connectivity index (χ0) is 17.2. The molecule has 1 aliphatic rings. The third kappa shape index (κ3) is 3.25. The summed E-state index contributed by atoms with van der Waals surface area (Å²) in [5, 5.41) is 7.55. The highest BCUT2D eigenvalue weighted by Crippen LogP contribution is 2.25. The van der Waals surface area contributed by atoms with Crippen LogP contribution in [0, 0.1) is 12.8 Å². The molecule has 25 heavy (non-hydrogen) atoms. The summed E-state index contributed by atoms with van der Waals surface area (Å²) in [6, 6.07) is 9.71. The molecular weight excluding hydrogens is 316 g/mol. The van der Waals surface area contributed by atoms with Crippen molar-refractivity contribution in [1.29, 1.82) is 0 Å². The fourth-order valence-electron chi connectivity index (χ4n) is 3.09. The van der Waals surface area contributed by atoms with E-state index in [4.69, 9.17) is 4.74 Å². The van der Waals surface area contributed by atoms with Crippen LogP contribution in [-0.2, 0) is 9.53 Å². The Morgan fingerprint density at radius 3 is 3.12 bits per heavy atom. The number of fused-ring (bicyclic) bond motifs is 1. The van der Waals surface area contributed by atoms with Crippen molar-refractivity contribution in [3.05, 3.63) is 48.3 Å². The lowest BCUT2D eigenvalue weighted by Crippen LogP contribution is -2.30. The van der Waals surface area contributed by atoms with Crippen molar-refractivity contribution in [2.24, 2.45) is 5.92 Å². The average Bonchev–Trinajstić information content (AvgIpc) is 3.11. The number of nitrogens with zero attached hydrogens (tertiary/aromatic N) is 3. The van der Waals surface area contributed by atoms with Crippen molar-refractivity contribution in [3.63, 3.8) is 0 Å². The first kappa shape index (κ1) is 15.8. The summed E-state index contributed by atoms with van der Waals surface area (Å²) in [5.41, 5.74) is 3.68. The van der Waals surface area contributed by atoms with Gasteiger partial charge in [0, 0.05) is 24.1 Å². The molecule has 4 rings (SSSR count). The van der Waals surface area contributed by atoms with Crippen LogP contribution in [-0.4, -0.2) is 33.7 Å². The van der Waals surface area contributed by atoms with Crippen molar-refractivity contribution in [3.8, 4) is 11.4 Å². The van der Waals surface area contributed by atoms with Crippen LogP contribution >= 0.6 is 0 Å². The number of anilines is 1. The van der Waals surface area contributed by atoms with Gasteiger partial charge in [-0.25, -0.2) is 9.50 Å². The highest BCUT2D eigenvalue weighted by molar-refractivity contribution is 5.93. The van der Waals surface area contributed by atoms with Crippen LogP contribution in [0.1, 0.15) is 18.4 Å². The number of hydrogen-bond donors (Lipinski definition) is 1. The van der Waals surface area contributed by atoms with Gasteiger partial charge in [-0.2, -0.15) is 0 Å². The van der Waals surface area contributed by atoms with E-state index < -0.39 is 0 Å². The number of nitrogens with one attached hydrogen (secondary N) is 1. The standard InChI is InChI=1S/C19H20N4O2/c1-13-6-7-15(21-19(24)14-4-3-9-25-12-14)10-17(13)18-20-11-16-5-2-8-23(16)22-18/h2,5-8,10-11,14H,3-4,9,12H2,1H3,(H,21,24). The molecule has 3 heterocycles. The maximum Gasteiger partial charge on any atom is 0.229 e. The molecule has 1 fully saturated rings. The summed E-state index contributed by atoms with van der Waals surface area (Å²) in [5.74, 6) is 0.570. The Labute approximate surface area is 145 Å². The number of hydrogen-bond acceptors (Lipinski definition) is 4. The lowest BCUT2D eigenvalue weighted by Gasteiger charge is -2.21. The third-order valence-electron chi connectivity index (χ3n) is 4.56. The first-order valence-electron chi connectivity index (χ1n) is 8.51. The Kier molecular flexibility index (Phi) is 4.19. The molecule has 6 nitrogen and oxygen atoms in total. The molecule has 128 valence electrons. The molecular formula is C19H20N4O2. The number of ether oxygens (including phenoxy) is 1. The molecule has 1 unspecified atom stereocenters. The summed E-state index contributed by atoms with van der Waals surface area (Å²) in [6.45, 7) is 3.26. The Morgan fingerprint density at radius 2 is 2.28 bits per heavy atom. The Bertz CT molecular complexity index is 913. The minimum atomic E-state index is -0.0778. The summed E-state index contributed by atoms with van der Waals surface area (Å²) < 4.78 is 7.20. The van der Waals surface area contributed by atoms with Crippen LogP contribution < -0.4 is 5.32 Å². The monoisotopic (exact) mass is 336 g/mol. The quantitative estimate of drug-likeness (QED) is 0.798. The van der Waals surface area contributed by atoms with Crippen LogP contribution in [0.3, 0.4) is 0 Å². The van der Waals surface area contributed by atoms with E-state index in [-0.39, 0.29) is 11.8 Å². The van der Waals surface area contributed by atoms with Crippen LogP contribution in [0.4, 0.5) is 5.69 Å². The van der Waals surface area contributed by atoms with E-state index in [1.807, 2.05) is 43.5 Å². The maximum atomic E-state index is 12.4. The third-order valence-corrected chi connectivity index (χ3v) is 4.56. The fourth-order valence-corrected chi connectivity index (χ4v) is 3.09. The topological polar surface area (TPSA) is 68.5 Å². The van der Waals surface area contributed by atoms with E-state index >= 15 is 0 Å². The highest BCUT2D eigenvalue weighted by atomic mass is 16.5. The zero-order valence-electron chi connectivity index (χ0n) is 14.1. The van der Waals surface area contributed by atoms with Gasteiger partial charge in [0.25, 0.3) is 0 Å². The first-order valence-corrected chi connectivity index (χ1v) is 8.51. The van der Waals surface area contributed by atoms with Gasteiger partial charge in [-0.05, 0) is 49.6 Å². The molecule has 0 saturated carbocycles. The Balaban J connectivity index is 1.60. The van der Waals surface area contributed by atoms with E-state index in [2.05, 4.69) is 15.4 Å². The number of aryl methyl sites for hydroxylation is 1. The van der Waals surface area contributed by atoms with Gasteiger partial charge in [0.1, 0.15) is 0 Å². The molecule has 1 atom stereocenters. The van der Waals surface area contributed by atoms with E-state index in [0.29, 0.717) is 12.4 Å². The van der Waals surface area contributed by atoms with E-state index in [0.717, 1.165) is 41.8 Å². The predicted octanol–water partition coefficient (Wildman–Crippen LogP) is 3.07. The zero-order valence-corrected chi connectivity index (χ0v) is 14.1. The van der Waals surface area contributed by atoms with Crippen molar-refractivity contribution in [2.45, 2.75) is 19.8 Å². The average molecular weight is 336 g/mol. The van der Waals surface area contributed by atoms with Crippen LogP contribution in [0.25, 0.3) is 16.9 Å². The molecule has 0 spiro atoms. The Hall–Kier alpha value is -2.73. The van der Waals surface area contributed by atoms with Crippen molar-refractivity contribution < 1.29 is 9.53 Å². The van der Waals surface area contributed by atoms with E-state index in [9.17, 15) is 4.79 Å². The molecule has 1 amide bonds. The second-order valence-corrected chi connectivity index (χ2v) is 6.39. The van der Waals surface area contributed by atoms with Gasteiger partial charge in [0.15, 0.2) is 5.82 Å². The summed E-state index contributed by atoms with van der Waals surface area (Å²) in [4.78, 5) is 16.9. The summed E-state index contributed by atoms with van der Waals surface area (Å²) in [7, 11) is 0. The molecule has 3 aromatic rings. The van der Waals surface area contributed by atoms with E-state index in [1.54, 1.807) is 10.7 Å². The molecule has 6 heteroatoms. The molecule has 1 saturated heterocycles. The smallest absolute Gasteiger partial charge is 0.229 e. The second-order valence-electron chi connectivity index (χ2n) is 6.39. The molecule has 2 aromatic heterocycles. The van der Waals surface area contributed by atoms with Crippen LogP contribution in [0.15, 0.2) is 42.7 Å². The minimum Gasteiger partial charge on any atom is -0.381 e. The molecule has 1 aromatic carbocycles. The highest BCUT2D eigenvalue weighted by Gasteiger charge is 2.22. The molecule has 0 bridgehead atoms. The van der Waals surface area contributed by atoms with Crippen LogP contribution in [0.5, 0.6) is 0 Å². The van der Waals surface area contributed by atoms with Crippen molar-refractivity contribution in [1.82, 2.24) is 14.6 Å². The largest absolute Gasteiger partial charge is 0.381 e. The Morgan fingerprint density at radius 1 is 1.36 bits per heavy atom. The number of aromatic nitrogens is 3. The van der Waals surface area contributed by atoms with Gasteiger partial charge in [0.05, 0.1) is 24.2 Å². The number of amides is 1. The molecule has 0 aliphatic carbocycles. The number of benzene rings is 1. The van der Waals surface area contributed by atoms with Gasteiger partial charge in [-0.1, -0.05) is 6.07 Å². The van der Waals surface area contributed by atoms with Gasteiger partial charge < -0.3 is 10.1 Å². The fraction of sp³-hybridized carbons (Fsp3) is 0.316. The van der Waals surface area contributed by atoms with Crippen molar-refractivity contribution in [2.75, 3.05) is 18.5 Å². The summed E-state index contributed by atoms with van der Waals surface area (Å²) in [6.07, 6.45) is 5.50. The lowest BCUT2D eigenvalue weighted by molar-refractivity contribution is -0.123. The number of carbonyl (C=O) groups is 1. The summed E-state index contributed by atoms with van der Waals surface area (Å²) >= 11 is 0. The van der Waals surface area contributed by atoms with Gasteiger partial charge >= 0.3 is 0 Å². The number of carbonyl (C=O) groups excluding carboxylic acids is 1.